The van der Waals surface area contributed by atoms with Crippen LogP contribution in [0.3, 0.4) is 0 Å². The van der Waals surface area contributed by atoms with Crippen LogP contribution in [0.15, 0.2) is 4.52 Å². The van der Waals surface area contributed by atoms with E-state index in [1.165, 1.54) is 6.42 Å². The van der Waals surface area contributed by atoms with Gasteiger partial charge < -0.3 is 14.0 Å². The molecular weight excluding hydrogens is 256 g/mol. The minimum Gasteiger partial charge on any atom is -0.385 e. The monoisotopic (exact) mass is 280 g/mol. The lowest BCUT2D eigenvalue weighted by Crippen LogP contribution is -2.36. The van der Waals surface area contributed by atoms with Gasteiger partial charge in [0.05, 0.1) is 0 Å². The van der Waals surface area contributed by atoms with Crippen LogP contribution < -0.4 is 0 Å². The first-order valence-corrected chi connectivity index (χ1v) is 7.75. The van der Waals surface area contributed by atoms with Crippen molar-refractivity contribution in [2.45, 2.75) is 56.3 Å². The molecule has 1 saturated carbocycles. The molecule has 3 rings (SSSR count). The van der Waals surface area contributed by atoms with E-state index in [0.29, 0.717) is 5.92 Å². The minimum absolute atomic E-state index is 0.110. The lowest BCUT2D eigenvalue weighted by atomic mass is 9.66. The molecule has 1 aromatic heterocycles. The molecular formula is C15H24N2O3. The maximum absolute atomic E-state index is 5.56. The molecule has 1 aliphatic carbocycles. The summed E-state index contributed by atoms with van der Waals surface area (Å²) in [5.41, 5.74) is 0.110. The Kier molecular flexibility index (Phi) is 4.36. The summed E-state index contributed by atoms with van der Waals surface area (Å²) in [6.07, 6.45) is 7.73. The Morgan fingerprint density at radius 1 is 1.25 bits per heavy atom. The standard InChI is InChI=1S/C15H24N2O3/c1-18-11-8-15(6-3-7-15)14-16-13(20-17-14)12-4-2-9-19-10-5-12/h12H,2-11H2,1H3. The molecule has 1 atom stereocenters. The van der Waals surface area contributed by atoms with Gasteiger partial charge in [-0.25, -0.2) is 0 Å². The van der Waals surface area contributed by atoms with Crippen molar-refractivity contribution in [1.82, 2.24) is 10.1 Å². The van der Waals surface area contributed by atoms with E-state index in [4.69, 9.17) is 19.0 Å². The summed E-state index contributed by atoms with van der Waals surface area (Å²) in [5.74, 6) is 2.09. The summed E-state index contributed by atoms with van der Waals surface area (Å²) >= 11 is 0. The van der Waals surface area contributed by atoms with Gasteiger partial charge in [-0.3, -0.25) is 0 Å². The molecule has 5 nitrogen and oxygen atoms in total. The van der Waals surface area contributed by atoms with Gasteiger partial charge in [0.2, 0.25) is 5.89 Å². The van der Waals surface area contributed by atoms with Crippen molar-refractivity contribution < 1.29 is 14.0 Å². The molecule has 112 valence electrons. The van der Waals surface area contributed by atoms with Gasteiger partial charge in [-0.2, -0.15) is 4.98 Å². The Balaban J connectivity index is 1.71. The van der Waals surface area contributed by atoms with Crippen LogP contribution in [0.1, 0.15) is 62.6 Å². The quantitative estimate of drug-likeness (QED) is 0.830. The normalized spacial score (nSPS) is 25.9. The molecule has 0 amide bonds. The predicted octanol–water partition coefficient (Wildman–Crippen LogP) is 2.81. The van der Waals surface area contributed by atoms with E-state index in [1.807, 2.05) is 0 Å². The van der Waals surface area contributed by atoms with Gasteiger partial charge in [0.15, 0.2) is 5.82 Å². The number of hydrogen-bond donors (Lipinski definition) is 0. The molecule has 0 spiro atoms. The van der Waals surface area contributed by atoms with Crippen LogP contribution in [0.4, 0.5) is 0 Å². The van der Waals surface area contributed by atoms with Gasteiger partial charge in [0, 0.05) is 38.3 Å². The SMILES string of the molecule is COCCC1(c2noc(C3CCCOCC3)n2)CCC1. The third kappa shape index (κ3) is 2.74. The molecule has 0 N–H and O–H groups in total. The molecule has 5 heteroatoms. The summed E-state index contributed by atoms with van der Waals surface area (Å²) in [6, 6.07) is 0. The largest absolute Gasteiger partial charge is 0.385 e. The van der Waals surface area contributed by atoms with Crippen molar-refractivity contribution in [3.63, 3.8) is 0 Å². The van der Waals surface area contributed by atoms with Crippen molar-refractivity contribution in [3.05, 3.63) is 11.7 Å². The van der Waals surface area contributed by atoms with Crippen molar-refractivity contribution in [3.8, 4) is 0 Å². The number of rotatable bonds is 5. The topological polar surface area (TPSA) is 57.4 Å². The smallest absolute Gasteiger partial charge is 0.229 e. The lowest BCUT2D eigenvalue weighted by molar-refractivity contribution is 0.122. The van der Waals surface area contributed by atoms with E-state index < -0.39 is 0 Å². The van der Waals surface area contributed by atoms with E-state index in [0.717, 1.165) is 70.1 Å². The second-order valence-corrected chi connectivity index (χ2v) is 6.07. The average molecular weight is 280 g/mol. The molecule has 0 aromatic carbocycles. The number of nitrogens with zero attached hydrogens (tertiary/aromatic N) is 2. The predicted molar refractivity (Wildman–Crippen MR) is 73.7 cm³/mol. The van der Waals surface area contributed by atoms with Gasteiger partial charge in [0.1, 0.15) is 0 Å². The lowest BCUT2D eigenvalue weighted by Gasteiger charge is -2.38. The third-order valence-corrected chi connectivity index (χ3v) is 4.81. The second kappa shape index (κ2) is 6.22. The van der Waals surface area contributed by atoms with Crippen LogP contribution in [-0.4, -0.2) is 37.1 Å². The first-order valence-electron chi connectivity index (χ1n) is 7.75. The summed E-state index contributed by atoms with van der Waals surface area (Å²) in [4.78, 5) is 4.73. The molecule has 1 saturated heterocycles. The van der Waals surface area contributed by atoms with Gasteiger partial charge in [-0.15, -0.1) is 0 Å². The Morgan fingerprint density at radius 3 is 2.90 bits per heavy atom. The zero-order chi connectivity index (χ0) is 13.8. The van der Waals surface area contributed by atoms with E-state index in [1.54, 1.807) is 7.11 Å². The van der Waals surface area contributed by atoms with Crippen LogP contribution in [-0.2, 0) is 14.9 Å². The third-order valence-electron chi connectivity index (χ3n) is 4.81. The van der Waals surface area contributed by atoms with Gasteiger partial charge in [0.25, 0.3) is 0 Å². The molecule has 2 heterocycles. The van der Waals surface area contributed by atoms with E-state index in [2.05, 4.69) is 5.16 Å². The molecule has 0 bridgehead atoms. The van der Waals surface area contributed by atoms with E-state index in [9.17, 15) is 0 Å². The van der Waals surface area contributed by atoms with Crippen LogP contribution in [0.2, 0.25) is 0 Å². The van der Waals surface area contributed by atoms with Gasteiger partial charge in [-0.1, -0.05) is 11.6 Å². The highest BCUT2D eigenvalue weighted by Crippen LogP contribution is 2.45. The average Bonchev–Trinajstić information content (AvgIpc) is 2.74. The highest BCUT2D eigenvalue weighted by molar-refractivity contribution is 5.13. The Labute approximate surface area is 120 Å². The Bertz CT molecular complexity index is 421. The molecule has 2 fully saturated rings. The maximum Gasteiger partial charge on any atom is 0.229 e. The Hall–Kier alpha value is -0.940. The van der Waals surface area contributed by atoms with Crippen molar-refractivity contribution in [2.24, 2.45) is 0 Å². The number of hydrogen-bond acceptors (Lipinski definition) is 5. The highest BCUT2D eigenvalue weighted by atomic mass is 16.5. The maximum atomic E-state index is 5.56. The van der Waals surface area contributed by atoms with Crippen LogP contribution in [0, 0.1) is 0 Å². The van der Waals surface area contributed by atoms with Gasteiger partial charge >= 0.3 is 0 Å². The first-order chi connectivity index (χ1) is 9.84. The highest BCUT2D eigenvalue weighted by Gasteiger charge is 2.42. The fraction of sp³-hybridized carbons (Fsp3) is 0.867. The van der Waals surface area contributed by atoms with E-state index in [-0.39, 0.29) is 5.41 Å². The molecule has 1 unspecified atom stereocenters. The number of aromatic nitrogens is 2. The first kappa shape index (κ1) is 14.0. The van der Waals surface area contributed by atoms with Crippen LogP contribution >= 0.6 is 0 Å². The fourth-order valence-electron chi connectivity index (χ4n) is 3.25. The summed E-state index contributed by atoms with van der Waals surface area (Å²) in [5, 5.41) is 4.29. The van der Waals surface area contributed by atoms with Crippen molar-refractivity contribution in [2.75, 3.05) is 26.9 Å². The minimum atomic E-state index is 0.110. The fourth-order valence-corrected chi connectivity index (χ4v) is 3.25. The zero-order valence-corrected chi connectivity index (χ0v) is 12.3. The molecule has 1 aromatic rings. The number of ether oxygens (including phenoxy) is 2. The van der Waals surface area contributed by atoms with Crippen LogP contribution in [0.25, 0.3) is 0 Å². The summed E-state index contributed by atoms with van der Waals surface area (Å²) in [6.45, 7) is 2.42. The summed E-state index contributed by atoms with van der Waals surface area (Å²) in [7, 11) is 1.75. The van der Waals surface area contributed by atoms with E-state index >= 15 is 0 Å². The van der Waals surface area contributed by atoms with Crippen molar-refractivity contribution in [1.29, 1.82) is 0 Å². The zero-order valence-electron chi connectivity index (χ0n) is 12.3. The molecule has 2 aliphatic rings. The molecule has 1 aliphatic heterocycles. The molecule has 0 radical (unpaired) electrons. The molecule has 20 heavy (non-hydrogen) atoms. The number of methoxy groups -OCH3 is 1. The second-order valence-electron chi connectivity index (χ2n) is 6.07. The van der Waals surface area contributed by atoms with Gasteiger partial charge in [-0.05, 0) is 38.5 Å². The van der Waals surface area contributed by atoms with Crippen LogP contribution in [0.5, 0.6) is 0 Å². The Morgan fingerprint density at radius 2 is 2.15 bits per heavy atom. The van der Waals surface area contributed by atoms with Crippen molar-refractivity contribution >= 4 is 0 Å². The summed E-state index contributed by atoms with van der Waals surface area (Å²) < 4.78 is 16.3.